The Morgan fingerprint density at radius 1 is 0.765 bits per heavy atom. The highest BCUT2D eigenvalue weighted by molar-refractivity contribution is 6.32. The highest BCUT2D eigenvalue weighted by Gasteiger charge is 2.05. The predicted molar refractivity (Wildman–Crippen MR) is 75.7 cm³/mol. The van der Waals surface area contributed by atoms with Crippen LogP contribution in [0.3, 0.4) is 0 Å². The standard InChI is InChI=1S/C14H13Cl2N/c1-9-11(15)5-3-7-13(9)17-14-8-4-6-12(16)10(14)2/h3-8,17H,1-2H3. The summed E-state index contributed by atoms with van der Waals surface area (Å²) in [4.78, 5) is 0. The minimum Gasteiger partial charge on any atom is -0.355 e. The van der Waals surface area contributed by atoms with Crippen molar-refractivity contribution in [2.24, 2.45) is 0 Å². The first-order valence-corrected chi connectivity index (χ1v) is 6.12. The molecule has 0 spiro atoms. The van der Waals surface area contributed by atoms with Crippen LogP contribution in [0.25, 0.3) is 0 Å². The third kappa shape index (κ3) is 2.56. The second-order valence-corrected chi connectivity index (χ2v) is 4.76. The van der Waals surface area contributed by atoms with Gasteiger partial charge in [0, 0.05) is 21.4 Å². The Bertz CT molecular complexity index is 500. The van der Waals surface area contributed by atoms with E-state index in [1.54, 1.807) is 0 Å². The molecule has 0 heterocycles. The number of anilines is 2. The van der Waals surface area contributed by atoms with E-state index in [4.69, 9.17) is 23.2 Å². The second kappa shape index (κ2) is 4.99. The van der Waals surface area contributed by atoms with Crippen molar-refractivity contribution < 1.29 is 0 Å². The lowest BCUT2D eigenvalue weighted by Crippen LogP contribution is -1.95. The quantitative estimate of drug-likeness (QED) is 0.772. The number of halogens is 2. The molecular formula is C14H13Cl2N. The van der Waals surface area contributed by atoms with E-state index >= 15 is 0 Å². The summed E-state index contributed by atoms with van der Waals surface area (Å²) < 4.78 is 0. The molecule has 17 heavy (non-hydrogen) atoms. The van der Waals surface area contributed by atoms with Crippen LogP contribution < -0.4 is 5.32 Å². The maximum absolute atomic E-state index is 6.09. The lowest BCUT2D eigenvalue weighted by atomic mass is 10.1. The normalized spacial score (nSPS) is 10.4. The molecule has 0 saturated heterocycles. The van der Waals surface area contributed by atoms with Crippen LogP contribution in [-0.4, -0.2) is 0 Å². The van der Waals surface area contributed by atoms with Crippen molar-refractivity contribution in [2.75, 3.05) is 5.32 Å². The Labute approximate surface area is 111 Å². The summed E-state index contributed by atoms with van der Waals surface area (Å²) in [6, 6.07) is 11.6. The largest absolute Gasteiger partial charge is 0.355 e. The molecule has 0 amide bonds. The van der Waals surface area contributed by atoms with E-state index in [-0.39, 0.29) is 0 Å². The van der Waals surface area contributed by atoms with Crippen LogP contribution >= 0.6 is 23.2 Å². The Kier molecular flexibility index (Phi) is 3.60. The van der Waals surface area contributed by atoms with Crippen molar-refractivity contribution in [2.45, 2.75) is 13.8 Å². The Morgan fingerprint density at radius 2 is 1.18 bits per heavy atom. The Hall–Kier alpha value is -1.18. The average Bonchev–Trinajstić information content (AvgIpc) is 2.31. The molecule has 2 rings (SSSR count). The van der Waals surface area contributed by atoms with Crippen molar-refractivity contribution >= 4 is 34.6 Å². The van der Waals surface area contributed by atoms with Gasteiger partial charge in [-0.05, 0) is 49.2 Å². The lowest BCUT2D eigenvalue weighted by Gasteiger charge is -2.13. The van der Waals surface area contributed by atoms with Crippen LogP contribution in [-0.2, 0) is 0 Å². The first kappa shape index (κ1) is 12.3. The summed E-state index contributed by atoms with van der Waals surface area (Å²) >= 11 is 12.2. The number of hydrogen-bond donors (Lipinski definition) is 1. The fourth-order valence-electron chi connectivity index (χ4n) is 1.63. The zero-order chi connectivity index (χ0) is 12.4. The number of hydrogen-bond acceptors (Lipinski definition) is 1. The average molecular weight is 266 g/mol. The summed E-state index contributed by atoms with van der Waals surface area (Å²) in [6.07, 6.45) is 0. The lowest BCUT2D eigenvalue weighted by molar-refractivity contribution is 1.39. The van der Waals surface area contributed by atoms with Gasteiger partial charge in [-0.3, -0.25) is 0 Å². The summed E-state index contributed by atoms with van der Waals surface area (Å²) in [5.41, 5.74) is 4.08. The van der Waals surface area contributed by atoms with E-state index < -0.39 is 0 Å². The predicted octanol–water partition coefficient (Wildman–Crippen LogP) is 5.35. The van der Waals surface area contributed by atoms with Gasteiger partial charge in [-0.1, -0.05) is 35.3 Å². The van der Waals surface area contributed by atoms with Crippen LogP contribution in [0.1, 0.15) is 11.1 Å². The van der Waals surface area contributed by atoms with E-state index in [0.717, 1.165) is 32.5 Å². The summed E-state index contributed by atoms with van der Waals surface area (Å²) in [6.45, 7) is 3.98. The molecular weight excluding hydrogens is 253 g/mol. The van der Waals surface area contributed by atoms with Gasteiger partial charge >= 0.3 is 0 Å². The first-order chi connectivity index (χ1) is 8.09. The molecule has 0 aliphatic rings. The van der Waals surface area contributed by atoms with Crippen LogP contribution in [0.5, 0.6) is 0 Å². The summed E-state index contributed by atoms with van der Waals surface area (Å²) in [7, 11) is 0. The zero-order valence-electron chi connectivity index (χ0n) is 9.72. The fourth-order valence-corrected chi connectivity index (χ4v) is 1.98. The molecule has 0 aliphatic heterocycles. The van der Waals surface area contributed by atoms with E-state index in [9.17, 15) is 0 Å². The first-order valence-electron chi connectivity index (χ1n) is 5.37. The summed E-state index contributed by atoms with van der Waals surface area (Å²) in [5, 5.41) is 4.87. The molecule has 88 valence electrons. The van der Waals surface area contributed by atoms with E-state index in [2.05, 4.69) is 5.32 Å². The molecule has 0 radical (unpaired) electrons. The maximum atomic E-state index is 6.09. The number of nitrogens with one attached hydrogen (secondary N) is 1. The van der Waals surface area contributed by atoms with Gasteiger partial charge in [0.25, 0.3) is 0 Å². The topological polar surface area (TPSA) is 12.0 Å². The maximum Gasteiger partial charge on any atom is 0.0455 e. The number of rotatable bonds is 2. The molecule has 1 nitrogen and oxygen atoms in total. The minimum absolute atomic E-state index is 0.759. The molecule has 1 N–H and O–H groups in total. The van der Waals surface area contributed by atoms with Gasteiger partial charge in [-0.25, -0.2) is 0 Å². The van der Waals surface area contributed by atoms with Crippen LogP contribution in [0, 0.1) is 13.8 Å². The molecule has 0 fully saturated rings. The zero-order valence-corrected chi connectivity index (χ0v) is 11.2. The summed E-state index contributed by atoms with van der Waals surface area (Å²) in [5.74, 6) is 0. The molecule has 0 saturated carbocycles. The Morgan fingerprint density at radius 3 is 1.59 bits per heavy atom. The molecule has 2 aromatic carbocycles. The van der Waals surface area contributed by atoms with Crippen molar-refractivity contribution in [3.05, 3.63) is 57.6 Å². The van der Waals surface area contributed by atoms with Crippen molar-refractivity contribution in [1.82, 2.24) is 0 Å². The molecule has 0 unspecified atom stereocenters. The van der Waals surface area contributed by atoms with Crippen LogP contribution in [0.4, 0.5) is 11.4 Å². The molecule has 0 bridgehead atoms. The minimum atomic E-state index is 0.759. The van der Waals surface area contributed by atoms with Gasteiger partial charge in [0.2, 0.25) is 0 Å². The highest BCUT2D eigenvalue weighted by atomic mass is 35.5. The molecule has 0 atom stereocenters. The number of benzene rings is 2. The van der Waals surface area contributed by atoms with Gasteiger partial charge in [0.1, 0.15) is 0 Å². The van der Waals surface area contributed by atoms with Gasteiger partial charge in [-0.15, -0.1) is 0 Å². The van der Waals surface area contributed by atoms with Crippen LogP contribution in [0.2, 0.25) is 10.0 Å². The third-order valence-electron chi connectivity index (χ3n) is 2.80. The molecule has 0 aliphatic carbocycles. The van der Waals surface area contributed by atoms with Gasteiger partial charge in [0.05, 0.1) is 0 Å². The SMILES string of the molecule is Cc1c(Cl)cccc1Nc1cccc(Cl)c1C. The van der Waals surface area contributed by atoms with Gasteiger partial charge in [-0.2, -0.15) is 0 Å². The van der Waals surface area contributed by atoms with Crippen molar-refractivity contribution in [1.29, 1.82) is 0 Å². The van der Waals surface area contributed by atoms with Crippen LogP contribution in [0.15, 0.2) is 36.4 Å². The smallest absolute Gasteiger partial charge is 0.0455 e. The second-order valence-electron chi connectivity index (χ2n) is 3.95. The van der Waals surface area contributed by atoms with Crippen molar-refractivity contribution in [3.8, 4) is 0 Å². The fraction of sp³-hybridized carbons (Fsp3) is 0.143. The van der Waals surface area contributed by atoms with Gasteiger partial charge in [0.15, 0.2) is 0 Å². The highest BCUT2D eigenvalue weighted by Crippen LogP contribution is 2.29. The van der Waals surface area contributed by atoms with E-state index in [1.807, 2.05) is 50.2 Å². The van der Waals surface area contributed by atoms with Crippen molar-refractivity contribution in [3.63, 3.8) is 0 Å². The Balaban J connectivity index is 2.38. The monoisotopic (exact) mass is 265 g/mol. The molecule has 2 aromatic rings. The van der Waals surface area contributed by atoms with E-state index in [0.29, 0.717) is 0 Å². The third-order valence-corrected chi connectivity index (χ3v) is 3.62. The molecule has 0 aromatic heterocycles. The van der Waals surface area contributed by atoms with Gasteiger partial charge < -0.3 is 5.32 Å². The molecule has 3 heteroatoms. The van der Waals surface area contributed by atoms with E-state index in [1.165, 1.54) is 0 Å².